The van der Waals surface area contributed by atoms with E-state index in [9.17, 15) is 4.79 Å². The fourth-order valence-corrected chi connectivity index (χ4v) is 3.23. The number of nitrogens with zero attached hydrogens (tertiary/aromatic N) is 3. The van der Waals surface area contributed by atoms with Crippen molar-refractivity contribution in [2.45, 2.75) is 39.8 Å². The maximum Gasteiger partial charge on any atom is 0.293 e. The molecule has 7 heteroatoms. The number of nitrogens with one attached hydrogen (secondary N) is 1. The number of benzene rings is 2. The second-order valence-corrected chi connectivity index (χ2v) is 7.92. The summed E-state index contributed by atoms with van der Waals surface area (Å²) >= 11 is 0. The average molecular weight is 431 g/mol. The minimum atomic E-state index is -0.411. The molecule has 2 aromatic heterocycles. The molecule has 1 amide bonds. The van der Waals surface area contributed by atoms with Gasteiger partial charge in [0, 0.05) is 0 Å². The van der Waals surface area contributed by atoms with E-state index in [4.69, 9.17) is 9.15 Å². The van der Waals surface area contributed by atoms with Gasteiger partial charge >= 0.3 is 0 Å². The van der Waals surface area contributed by atoms with E-state index in [2.05, 4.69) is 29.2 Å². The molecule has 0 aliphatic carbocycles. The molecule has 0 atom stereocenters. The van der Waals surface area contributed by atoms with E-state index in [0.29, 0.717) is 18.2 Å². The van der Waals surface area contributed by atoms with E-state index >= 15 is 0 Å². The van der Waals surface area contributed by atoms with Crippen LogP contribution in [-0.4, -0.2) is 20.7 Å². The predicted octanol–water partition coefficient (Wildman–Crippen LogP) is 5.18. The summed E-state index contributed by atoms with van der Waals surface area (Å²) in [5.41, 5.74) is 3.57. The van der Waals surface area contributed by atoms with Crippen LogP contribution in [0.3, 0.4) is 0 Å². The summed E-state index contributed by atoms with van der Waals surface area (Å²) in [5, 5.41) is 6.99. The molecule has 0 bridgehead atoms. The van der Waals surface area contributed by atoms with Crippen molar-refractivity contribution in [1.29, 1.82) is 0 Å². The Morgan fingerprint density at radius 2 is 1.88 bits per heavy atom. The van der Waals surface area contributed by atoms with Crippen molar-refractivity contribution in [1.82, 2.24) is 14.8 Å². The van der Waals surface area contributed by atoms with Crippen LogP contribution in [0.2, 0.25) is 0 Å². The number of rotatable bonds is 8. The monoisotopic (exact) mass is 430 g/mol. The average Bonchev–Trinajstić information content (AvgIpc) is 3.44. The number of ether oxygens (including phenoxy) is 1. The third-order valence-electron chi connectivity index (χ3n) is 5.17. The van der Waals surface area contributed by atoms with Crippen molar-refractivity contribution in [2.24, 2.45) is 0 Å². The van der Waals surface area contributed by atoms with Crippen LogP contribution in [0.1, 0.15) is 52.8 Å². The van der Waals surface area contributed by atoms with Crippen molar-refractivity contribution >= 4 is 11.9 Å². The summed E-state index contributed by atoms with van der Waals surface area (Å²) in [6.07, 6.45) is 1.59. The highest BCUT2D eigenvalue weighted by Gasteiger charge is 2.14. The van der Waals surface area contributed by atoms with Crippen LogP contribution in [-0.2, 0) is 13.2 Å². The molecule has 0 spiro atoms. The number of furan rings is 1. The van der Waals surface area contributed by atoms with Gasteiger partial charge in [0.2, 0.25) is 5.95 Å². The van der Waals surface area contributed by atoms with Crippen LogP contribution in [0.15, 0.2) is 71.4 Å². The van der Waals surface area contributed by atoms with Gasteiger partial charge in [-0.3, -0.25) is 10.1 Å². The molecule has 164 valence electrons. The molecule has 0 aliphatic heterocycles. The molecule has 0 saturated carbocycles. The number of hydrogen-bond donors (Lipinski definition) is 1. The Hall–Kier alpha value is -3.87. The molecule has 2 aromatic carbocycles. The van der Waals surface area contributed by atoms with Crippen LogP contribution >= 0.6 is 0 Å². The molecule has 0 aliphatic rings. The summed E-state index contributed by atoms with van der Waals surface area (Å²) in [5.74, 6) is 1.77. The van der Waals surface area contributed by atoms with Gasteiger partial charge in [0.05, 0.1) is 6.54 Å². The third kappa shape index (κ3) is 5.24. The van der Waals surface area contributed by atoms with E-state index in [1.165, 1.54) is 11.1 Å². The second-order valence-electron chi connectivity index (χ2n) is 7.92. The predicted molar refractivity (Wildman–Crippen MR) is 122 cm³/mol. The lowest BCUT2D eigenvalue weighted by molar-refractivity contribution is 0.0991. The van der Waals surface area contributed by atoms with Gasteiger partial charge in [-0.05, 0) is 53.8 Å². The Bertz CT molecular complexity index is 1190. The van der Waals surface area contributed by atoms with E-state index in [1.807, 2.05) is 55.5 Å². The van der Waals surface area contributed by atoms with E-state index in [1.54, 1.807) is 23.1 Å². The molecule has 0 fully saturated rings. The van der Waals surface area contributed by atoms with Crippen LogP contribution in [0.4, 0.5) is 5.95 Å². The molecular weight excluding hydrogens is 404 g/mol. The van der Waals surface area contributed by atoms with E-state index in [0.717, 1.165) is 11.3 Å². The standard InChI is InChI=1S/C25H26N4O3/c1-17(2)19-8-10-21(11-9-19)31-15-22-12-13-23(32-22)24(30)27-25-26-16-29(28-25)14-20-7-5-4-6-18(20)3/h4-13,16-17H,14-15H2,1-3H3,(H,27,28,30). The highest BCUT2D eigenvalue weighted by atomic mass is 16.5. The quantitative estimate of drug-likeness (QED) is 0.416. The first kappa shape index (κ1) is 21.4. The zero-order valence-corrected chi connectivity index (χ0v) is 18.4. The largest absolute Gasteiger partial charge is 0.486 e. The first-order valence-electron chi connectivity index (χ1n) is 10.5. The second kappa shape index (κ2) is 9.51. The normalized spacial score (nSPS) is 11.0. The zero-order valence-electron chi connectivity index (χ0n) is 18.4. The van der Waals surface area contributed by atoms with Gasteiger partial charge in [-0.1, -0.05) is 50.2 Å². The lowest BCUT2D eigenvalue weighted by Gasteiger charge is -2.07. The summed E-state index contributed by atoms with van der Waals surface area (Å²) in [4.78, 5) is 16.7. The maximum atomic E-state index is 12.5. The maximum absolute atomic E-state index is 12.5. The molecule has 1 N–H and O–H groups in total. The molecule has 7 nitrogen and oxygen atoms in total. The summed E-state index contributed by atoms with van der Waals surface area (Å²) < 4.78 is 13.1. The lowest BCUT2D eigenvalue weighted by Crippen LogP contribution is -2.12. The Balaban J connectivity index is 1.32. The van der Waals surface area contributed by atoms with Crippen molar-refractivity contribution in [3.8, 4) is 5.75 Å². The van der Waals surface area contributed by atoms with Gasteiger partial charge in [0.25, 0.3) is 5.91 Å². The van der Waals surface area contributed by atoms with Gasteiger partial charge in [-0.25, -0.2) is 9.67 Å². The van der Waals surface area contributed by atoms with Crippen LogP contribution in [0.25, 0.3) is 0 Å². The van der Waals surface area contributed by atoms with Crippen molar-refractivity contribution < 1.29 is 13.9 Å². The number of amides is 1. The van der Waals surface area contributed by atoms with Crippen molar-refractivity contribution in [2.75, 3.05) is 5.32 Å². The molecule has 0 radical (unpaired) electrons. The Morgan fingerprint density at radius 1 is 1.09 bits per heavy atom. The Kier molecular flexibility index (Phi) is 6.35. The number of carbonyl (C=O) groups excluding carboxylic acids is 1. The topological polar surface area (TPSA) is 82.2 Å². The molecule has 4 aromatic rings. The van der Waals surface area contributed by atoms with E-state index < -0.39 is 5.91 Å². The van der Waals surface area contributed by atoms with Crippen molar-refractivity contribution in [3.05, 3.63) is 95.2 Å². The van der Waals surface area contributed by atoms with Crippen LogP contribution in [0, 0.1) is 6.92 Å². The molecule has 0 unspecified atom stereocenters. The number of anilines is 1. The number of aryl methyl sites for hydroxylation is 1. The summed E-state index contributed by atoms with van der Waals surface area (Å²) in [6, 6.07) is 19.4. The van der Waals surface area contributed by atoms with Gasteiger partial charge in [0.15, 0.2) is 5.76 Å². The number of aromatic nitrogens is 3. The Labute approximate surface area is 187 Å². The van der Waals surface area contributed by atoms with Crippen molar-refractivity contribution in [3.63, 3.8) is 0 Å². The molecule has 0 saturated heterocycles. The number of carbonyl (C=O) groups is 1. The zero-order chi connectivity index (χ0) is 22.5. The lowest BCUT2D eigenvalue weighted by atomic mass is 10.0. The number of hydrogen-bond acceptors (Lipinski definition) is 5. The fraction of sp³-hybridized carbons (Fsp3) is 0.240. The highest BCUT2D eigenvalue weighted by Crippen LogP contribution is 2.20. The van der Waals surface area contributed by atoms with Gasteiger partial charge in [-0.15, -0.1) is 5.10 Å². The van der Waals surface area contributed by atoms with Gasteiger partial charge in [-0.2, -0.15) is 0 Å². The van der Waals surface area contributed by atoms with Crippen LogP contribution in [0.5, 0.6) is 5.75 Å². The molecule has 2 heterocycles. The minimum absolute atomic E-state index is 0.175. The molecule has 4 rings (SSSR count). The first-order chi connectivity index (χ1) is 15.5. The summed E-state index contributed by atoms with van der Waals surface area (Å²) in [6.45, 7) is 7.16. The highest BCUT2D eigenvalue weighted by molar-refractivity contribution is 6.01. The SMILES string of the molecule is Cc1ccccc1Cn1cnc(NC(=O)c2ccc(COc3ccc(C(C)C)cc3)o2)n1. The smallest absolute Gasteiger partial charge is 0.293 e. The Morgan fingerprint density at radius 3 is 2.62 bits per heavy atom. The fourth-order valence-electron chi connectivity index (χ4n) is 3.23. The first-order valence-corrected chi connectivity index (χ1v) is 10.5. The van der Waals surface area contributed by atoms with Gasteiger partial charge in [0.1, 0.15) is 24.4 Å². The molecule has 32 heavy (non-hydrogen) atoms. The summed E-state index contributed by atoms with van der Waals surface area (Å²) in [7, 11) is 0. The third-order valence-corrected chi connectivity index (χ3v) is 5.17. The minimum Gasteiger partial charge on any atom is -0.486 e. The van der Waals surface area contributed by atoms with E-state index in [-0.39, 0.29) is 18.3 Å². The van der Waals surface area contributed by atoms with Crippen LogP contribution < -0.4 is 10.1 Å². The molecular formula is C25H26N4O3. The van der Waals surface area contributed by atoms with Gasteiger partial charge < -0.3 is 9.15 Å².